The molecule has 6 heteroatoms. The fraction of sp³-hybridized carbons (Fsp3) is 0.353. The predicted octanol–water partition coefficient (Wildman–Crippen LogP) is 1.20. The maximum atomic E-state index is 12.2. The van der Waals surface area contributed by atoms with Crippen molar-refractivity contribution in [3.8, 4) is 11.5 Å². The molecule has 0 radical (unpaired) electrons. The molecule has 122 valence electrons. The van der Waals surface area contributed by atoms with Gasteiger partial charge in [-0.1, -0.05) is 12.1 Å². The van der Waals surface area contributed by atoms with Gasteiger partial charge in [0.1, 0.15) is 6.54 Å². The van der Waals surface area contributed by atoms with Gasteiger partial charge in [-0.3, -0.25) is 4.79 Å². The number of thiophene rings is 1. The second kappa shape index (κ2) is 7.48. The first kappa shape index (κ1) is 15.8. The lowest BCUT2D eigenvalue weighted by Crippen LogP contribution is -3.11. The molecule has 1 aliphatic heterocycles. The molecule has 1 atom stereocenters. The molecule has 1 unspecified atom stereocenters. The average molecular weight is 333 g/mol. The van der Waals surface area contributed by atoms with Crippen LogP contribution in [0.4, 0.5) is 0 Å². The van der Waals surface area contributed by atoms with Gasteiger partial charge in [-0.05, 0) is 36.1 Å². The Kier molecular flexibility index (Phi) is 5.15. The third kappa shape index (κ3) is 4.24. The lowest BCUT2D eigenvalue weighted by atomic mass is 10.2. The molecule has 1 amide bonds. The van der Waals surface area contributed by atoms with Gasteiger partial charge in [0.05, 0.1) is 11.4 Å². The minimum absolute atomic E-state index is 0.0658. The van der Waals surface area contributed by atoms with Crippen LogP contribution in [0, 0.1) is 0 Å². The van der Waals surface area contributed by atoms with E-state index in [2.05, 4.69) is 23.7 Å². The zero-order valence-corrected chi connectivity index (χ0v) is 13.9. The molecule has 0 aliphatic carbocycles. The van der Waals surface area contributed by atoms with Crippen molar-refractivity contribution in [1.29, 1.82) is 0 Å². The van der Waals surface area contributed by atoms with E-state index in [1.54, 1.807) is 11.3 Å². The first-order valence-electron chi connectivity index (χ1n) is 7.75. The standard InChI is InChI=1S/C17H20N2O3S/c1-2-19(10-14-4-3-7-23-14)11-17(20)18-9-13-5-6-15-16(8-13)22-12-21-15/h3-8H,2,9-12H2,1H3,(H,18,20)/p+1. The smallest absolute Gasteiger partial charge is 0.275 e. The van der Waals surface area contributed by atoms with Gasteiger partial charge < -0.3 is 19.7 Å². The van der Waals surface area contributed by atoms with Crippen molar-refractivity contribution in [2.24, 2.45) is 0 Å². The van der Waals surface area contributed by atoms with Crippen molar-refractivity contribution in [2.75, 3.05) is 19.9 Å². The summed E-state index contributed by atoms with van der Waals surface area (Å²) < 4.78 is 10.6. The van der Waals surface area contributed by atoms with Crippen molar-refractivity contribution < 1.29 is 19.2 Å². The largest absolute Gasteiger partial charge is 0.454 e. The highest BCUT2D eigenvalue weighted by molar-refractivity contribution is 7.09. The lowest BCUT2D eigenvalue weighted by molar-refractivity contribution is -0.903. The number of fused-ring (bicyclic) bond motifs is 1. The first-order valence-corrected chi connectivity index (χ1v) is 8.63. The maximum absolute atomic E-state index is 12.2. The Hall–Kier alpha value is -2.05. The topological polar surface area (TPSA) is 52.0 Å². The summed E-state index contributed by atoms with van der Waals surface area (Å²) in [4.78, 5) is 14.7. The first-order chi connectivity index (χ1) is 11.2. The van der Waals surface area contributed by atoms with E-state index in [1.165, 1.54) is 9.78 Å². The minimum atomic E-state index is 0.0658. The number of carbonyl (C=O) groups excluding carboxylic acids is 1. The van der Waals surface area contributed by atoms with Crippen LogP contribution in [0.2, 0.25) is 0 Å². The monoisotopic (exact) mass is 333 g/mol. The molecule has 2 heterocycles. The second-order valence-corrected chi connectivity index (χ2v) is 6.53. The fourth-order valence-corrected chi connectivity index (χ4v) is 3.29. The molecule has 1 aliphatic rings. The van der Waals surface area contributed by atoms with Crippen LogP contribution in [-0.2, 0) is 17.9 Å². The highest BCUT2D eigenvalue weighted by Gasteiger charge is 2.15. The van der Waals surface area contributed by atoms with Crippen molar-refractivity contribution in [3.05, 3.63) is 46.2 Å². The Morgan fingerprint density at radius 2 is 2.17 bits per heavy atom. The van der Waals surface area contributed by atoms with Crippen LogP contribution in [0.15, 0.2) is 35.7 Å². The molecule has 0 fully saturated rings. The number of nitrogens with one attached hydrogen (secondary N) is 2. The quantitative estimate of drug-likeness (QED) is 0.800. The summed E-state index contributed by atoms with van der Waals surface area (Å²) in [6.07, 6.45) is 0. The van der Waals surface area contributed by atoms with Crippen LogP contribution < -0.4 is 19.7 Å². The van der Waals surface area contributed by atoms with E-state index in [4.69, 9.17) is 9.47 Å². The van der Waals surface area contributed by atoms with E-state index in [9.17, 15) is 4.79 Å². The van der Waals surface area contributed by atoms with Crippen LogP contribution >= 0.6 is 11.3 Å². The van der Waals surface area contributed by atoms with Gasteiger partial charge in [0.2, 0.25) is 6.79 Å². The lowest BCUT2D eigenvalue weighted by Gasteiger charge is -2.16. The van der Waals surface area contributed by atoms with Gasteiger partial charge in [0.25, 0.3) is 5.91 Å². The molecular formula is C17H21N2O3S+. The summed E-state index contributed by atoms with van der Waals surface area (Å²) in [6, 6.07) is 9.91. The van der Waals surface area contributed by atoms with Gasteiger partial charge in [-0.25, -0.2) is 0 Å². The molecule has 1 aromatic carbocycles. The summed E-state index contributed by atoms with van der Waals surface area (Å²) in [6.45, 7) is 5.18. The van der Waals surface area contributed by atoms with E-state index in [0.29, 0.717) is 13.1 Å². The van der Waals surface area contributed by atoms with E-state index in [-0.39, 0.29) is 12.7 Å². The number of carbonyl (C=O) groups is 1. The highest BCUT2D eigenvalue weighted by Crippen LogP contribution is 2.32. The molecule has 1 aromatic heterocycles. The van der Waals surface area contributed by atoms with Crippen LogP contribution in [0.5, 0.6) is 11.5 Å². The molecule has 0 saturated carbocycles. The van der Waals surface area contributed by atoms with Crippen LogP contribution in [0.3, 0.4) is 0 Å². The van der Waals surface area contributed by atoms with E-state index < -0.39 is 0 Å². The van der Waals surface area contributed by atoms with Crippen molar-refractivity contribution in [3.63, 3.8) is 0 Å². The summed E-state index contributed by atoms with van der Waals surface area (Å²) in [5, 5.41) is 5.05. The Bertz CT molecular complexity index is 658. The highest BCUT2D eigenvalue weighted by atomic mass is 32.1. The maximum Gasteiger partial charge on any atom is 0.275 e. The molecular weight excluding hydrogens is 312 g/mol. The number of ether oxygens (including phenoxy) is 2. The SMILES string of the molecule is CC[NH+](CC(=O)NCc1ccc2c(c1)OCO2)Cc1cccs1. The molecule has 3 rings (SSSR count). The summed E-state index contributed by atoms with van der Waals surface area (Å²) in [7, 11) is 0. The average Bonchev–Trinajstić information content (AvgIpc) is 3.23. The number of quaternary nitrogens is 1. The number of hydrogen-bond acceptors (Lipinski definition) is 4. The number of hydrogen-bond donors (Lipinski definition) is 2. The molecule has 2 N–H and O–H groups in total. The summed E-state index contributed by atoms with van der Waals surface area (Å²) in [5.74, 6) is 1.57. The summed E-state index contributed by atoms with van der Waals surface area (Å²) >= 11 is 1.74. The van der Waals surface area contributed by atoms with Crippen molar-refractivity contribution in [2.45, 2.75) is 20.0 Å². The molecule has 23 heavy (non-hydrogen) atoms. The third-order valence-electron chi connectivity index (χ3n) is 3.84. The number of benzene rings is 1. The van der Waals surface area contributed by atoms with E-state index >= 15 is 0 Å². The van der Waals surface area contributed by atoms with Crippen LogP contribution in [0.1, 0.15) is 17.4 Å². The van der Waals surface area contributed by atoms with Gasteiger partial charge in [-0.15, -0.1) is 11.3 Å². The summed E-state index contributed by atoms with van der Waals surface area (Å²) in [5.41, 5.74) is 1.01. The van der Waals surface area contributed by atoms with Gasteiger partial charge >= 0.3 is 0 Å². The third-order valence-corrected chi connectivity index (χ3v) is 4.72. The van der Waals surface area contributed by atoms with Gasteiger partial charge in [0.15, 0.2) is 18.0 Å². The molecule has 2 aromatic rings. The molecule has 5 nitrogen and oxygen atoms in total. The van der Waals surface area contributed by atoms with Gasteiger partial charge in [-0.2, -0.15) is 0 Å². The fourth-order valence-electron chi connectivity index (χ4n) is 2.51. The Balaban J connectivity index is 1.48. The Labute approximate surface area is 139 Å². The van der Waals surface area contributed by atoms with E-state index in [1.807, 2.05) is 24.3 Å². The van der Waals surface area contributed by atoms with Crippen molar-refractivity contribution >= 4 is 17.2 Å². The van der Waals surface area contributed by atoms with Crippen LogP contribution in [0.25, 0.3) is 0 Å². The molecule has 0 bridgehead atoms. The van der Waals surface area contributed by atoms with Crippen LogP contribution in [-0.4, -0.2) is 25.8 Å². The number of amides is 1. The van der Waals surface area contributed by atoms with E-state index in [0.717, 1.165) is 30.2 Å². The Morgan fingerprint density at radius 1 is 1.30 bits per heavy atom. The minimum Gasteiger partial charge on any atom is -0.454 e. The number of rotatable bonds is 7. The van der Waals surface area contributed by atoms with Gasteiger partial charge in [0, 0.05) is 6.54 Å². The zero-order valence-electron chi connectivity index (χ0n) is 13.1. The predicted molar refractivity (Wildman–Crippen MR) is 88.8 cm³/mol. The Morgan fingerprint density at radius 3 is 2.96 bits per heavy atom. The normalized spacial score (nSPS) is 13.8. The zero-order chi connectivity index (χ0) is 16.1. The second-order valence-electron chi connectivity index (χ2n) is 5.50. The van der Waals surface area contributed by atoms with Crippen molar-refractivity contribution in [1.82, 2.24) is 5.32 Å². The molecule has 0 saturated heterocycles. The molecule has 0 spiro atoms. The number of likely N-dealkylation sites (N-methyl/N-ethyl adjacent to an activating group) is 1.